The highest BCUT2D eigenvalue weighted by atomic mass is 35.5. The summed E-state index contributed by atoms with van der Waals surface area (Å²) >= 11 is 7.32. The van der Waals surface area contributed by atoms with Gasteiger partial charge in [0.05, 0.1) is 17.7 Å². The molecular formula is C25H22ClN5O2S. The van der Waals surface area contributed by atoms with Gasteiger partial charge in [0.25, 0.3) is 5.91 Å². The van der Waals surface area contributed by atoms with E-state index in [1.54, 1.807) is 6.26 Å². The molecule has 0 radical (unpaired) electrons. The molecule has 0 fully saturated rings. The molecule has 4 aromatic rings. The Morgan fingerprint density at radius 3 is 2.53 bits per heavy atom. The SMILES string of the molecule is Cc1ccc(C2=NN(C(=O)CSc3nnc(-c4ccc(Cl)cc4)n3C)C(c3ccco3)C2)cc1. The highest BCUT2D eigenvalue weighted by Gasteiger charge is 2.35. The third-order valence-electron chi connectivity index (χ3n) is 5.68. The molecule has 0 spiro atoms. The van der Waals surface area contributed by atoms with Crippen LogP contribution in [0.1, 0.15) is 29.3 Å². The molecule has 2 aromatic carbocycles. The molecule has 3 heterocycles. The van der Waals surface area contributed by atoms with Gasteiger partial charge < -0.3 is 8.98 Å². The van der Waals surface area contributed by atoms with Crippen LogP contribution < -0.4 is 0 Å². The average molecular weight is 492 g/mol. The van der Waals surface area contributed by atoms with E-state index in [9.17, 15) is 4.79 Å². The second-order valence-corrected chi connectivity index (χ2v) is 9.43. The fourth-order valence-corrected chi connectivity index (χ4v) is 4.74. The number of thioether (sulfide) groups is 1. The minimum Gasteiger partial charge on any atom is -0.467 e. The summed E-state index contributed by atoms with van der Waals surface area (Å²) in [7, 11) is 1.88. The lowest BCUT2D eigenvalue weighted by molar-refractivity contribution is -0.130. The molecule has 1 amide bonds. The van der Waals surface area contributed by atoms with Gasteiger partial charge in [-0.05, 0) is 48.9 Å². The fraction of sp³-hybridized carbons (Fsp3) is 0.200. The van der Waals surface area contributed by atoms with Crippen molar-refractivity contribution in [3.8, 4) is 11.4 Å². The smallest absolute Gasteiger partial charge is 0.253 e. The summed E-state index contributed by atoms with van der Waals surface area (Å²) in [5, 5.41) is 16.1. The van der Waals surface area contributed by atoms with Crippen LogP contribution in [0.15, 0.2) is 81.6 Å². The molecule has 0 N–H and O–H groups in total. The van der Waals surface area contributed by atoms with Gasteiger partial charge in [-0.25, -0.2) is 5.01 Å². The minimum absolute atomic E-state index is 0.121. The van der Waals surface area contributed by atoms with Gasteiger partial charge >= 0.3 is 0 Å². The molecule has 0 bridgehead atoms. The van der Waals surface area contributed by atoms with Crippen molar-refractivity contribution in [3.05, 3.63) is 88.8 Å². The summed E-state index contributed by atoms with van der Waals surface area (Å²) in [6.45, 7) is 2.05. The van der Waals surface area contributed by atoms with Crippen molar-refractivity contribution in [2.45, 2.75) is 24.5 Å². The molecule has 0 saturated heterocycles. The Morgan fingerprint density at radius 1 is 1.09 bits per heavy atom. The predicted octanol–water partition coefficient (Wildman–Crippen LogP) is 5.51. The Bertz CT molecular complexity index is 1330. The van der Waals surface area contributed by atoms with Gasteiger partial charge in [0, 0.05) is 24.1 Å². The maximum atomic E-state index is 13.3. The number of halogens is 1. The minimum atomic E-state index is -0.275. The monoisotopic (exact) mass is 491 g/mol. The fourth-order valence-electron chi connectivity index (χ4n) is 3.85. The van der Waals surface area contributed by atoms with Crippen LogP contribution in [0.2, 0.25) is 5.02 Å². The Balaban J connectivity index is 1.34. The maximum absolute atomic E-state index is 13.3. The van der Waals surface area contributed by atoms with E-state index in [0.717, 1.165) is 16.8 Å². The van der Waals surface area contributed by atoms with Gasteiger partial charge in [-0.15, -0.1) is 10.2 Å². The molecule has 34 heavy (non-hydrogen) atoms. The van der Waals surface area contributed by atoms with E-state index in [2.05, 4.69) is 10.2 Å². The molecule has 1 unspecified atom stereocenters. The molecule has 7 nitrogen and oxygen atoms in total. The topological polar surface area (TPSA) is 76.5 Å². The van der Waals surface area contributed by atoms with Crippen LogP contribution in [0, 0.1) is 6.92 Å². The van der Waals surface area contributed by atoms with Gasteiger partial charge in [0.1, 0.15) is 11.8 Å². The Hall–Kier alpha value is -3.36. The summed E-state index contributed by atoms with van der Waals surface area (Å²) in [6, 6.07) is 19.0. The maximum Gasteiger partial charge on any atom is 0.253 e. The van der Waals surface area contributed by atoms with Gasteiger partial charge in [-0.1, -0.05) is 53.2 Å². The largest absolute Gasteiger partial charge is 0.467 e. The van der Waals surface area contributed by atoms with Crippen LogP contribution in [0.3, 0.4) is 0 Å². The molecule has 5 rings (SSSR count). The second kappa shape index (κ2) is 9.48. The Labute approximate surface area is 206 Å². The molecule has 1 atom stereocenters. The van der Waals surface area contributed by atoms with Crippen LogP contribution in [0.5, 0.6) is 0 Å². The molecular weight excluding hydrogens is 470 g/mol. The van der Waals surface area contributed by atoms with Gasteiger partial charge in [0.2, 0.25) is 0 Å². The molecule has 9 heteroatoms. The van der Waals surface area contributed by atoms with Crippen molar-refractivity contribution in [1.82, 2.24) is 19.8 Å². The molecule has 0 saturated carbocycles. The van der Waals surface area contributed by atoms with E-state index in [1.165, 1.54) is 22.3 Å². The Kier molecular flexibility index (Phi) is 6.26. The van der Waals surface area contributed by atoms with Crippen molar-refractivity contribution in [2.75, 3.05) is 5.75 Å². The van der Waals surface area contributed by atoms with Crippen LogP contribution in [0.4, 0.5) is 0 Å². The summed E-state index contributed by atoms with van der Waals surface area (Å²) in [5.74, 6) is 1.48. The number of rotatable bonds is 6. The molecule has 0 aliphatic carbocycles. The number of furan rings is 1. The van der Waals surface area contributed by atoms with Crippen LogP contribution >= 0.6 is 23.4 Å². The molecule has 2 aromatic heterocycles. The summed E-state index contributed by atoms with van der Waals surface area (Å²) in [6.07, 6.45) is 2.21. The van der Waals surface area contributed by atoms with Gasteiger partial charge in [-0.2, -0.15) is 5.10 Å². The lowest BCUT2D eigenvalue weighted by Crippen LogP contribution is -2.28. The quantitative estimate of drug-likeness (QED) is 0.332. The van der Waals surface area contributed by atoms with Crippen molar-refractivity contribution in [1.29, 1.82) is 0 Å². The van der Waals surface area contributed by atoms with Crippen molar-refractivity contribution < 1.29 is 9.21 Å². The third-order valence-corrected chi connectivity index (χ3v) is 6.94. The number of carbonyl (C=O) groups excluding carboxylic acids is 1. The van der Waals surface area contributed by atoms with E-state index in [0.29, 0.717) is 28.2 Å². The summed E-state index contributed by atoms with van der Waals surface area (Å²) in [5.41, 5.74) is 3.95. The van der Waals surface area contributed by atoms with Crippen molar-refractivity contribution in [3.63, 3.8) is 0 Å². The highest BCUT2D eigenvalue weighted by molar-refractivity contribution is 7.99. The van der Waals surface area contributed by atoms with E-state index >= 15 is 0 Å². The molecule has 1 aliphatic rings. The third kappa shape index (κ3) is 4.51. The summed E-state index contributed by atoms with van der Waals surface area (Å²) in [4.78, 5) is 13.3. The lowest BCUT2D eigenvalue weighted by Gasteiger charge is -2.19. The Morgan fingerprint density at radius 2 is 1.82 bits per heavy atom. The number of aryl methyl sites for hydroxylation is 1. The number of amides is 1. The first kappa shape index (κ1) is 22.4. The number of hydrogen-bond donors (Lipinski definition) is 0. The van der Waals surface area contributed by atoms with Crippen molar-refractivity contribution in [2.24, 2.45) is 12.1 Å². The van der Waals surface area contributed by atoms with Crippen LogP contribution in [-0.2, 0) is 11.8 Å². The van der Waals surface area contributed by atoms with Crippen molar-refractivity contribution >= 4 is 35.0 Å². The first-order valence-corrected chi connectivity index (χ1v) is 12.1. The predicted molar refractivity (Wildman–Crippen MR) is 133 cm³/mol. The number of nitrogens with zero attached hydrogens (tertiary/aromatic N) is 5. The van der Waals surface area contributed by atoms with E-state index in [4.69, 9.17) is 21.1 Å². The zero-order valence-corrected chi connectivity index (χ0v) is 20.3. The normalized spacial score (nSPS) is 15.6. The van der Waals surface area contributed by atoms with Crippen LogP contribution in [0.25, 0.3) is 11.4 Å². The first-order valence-electron chi connectivity index (χ1n) is 10.8. The summed E-state index contributed by atoms with van der Waals surface area (Å²) < 4.78 is 7.51. The van der Waals surface area contributed by atoms with E-state index in [-0.39, 0.29) is 17.7 Å². The number of benzene rings is 2. The number of hydrazone groups is 1. The molecule has 1 aliphatic heterocycles. The number of hydrogen-bond acceptors (Lipinski definition) is 6. The zero-order chi connectivity index (χ0) is 23.7. The van der Waals surface area contributed by atoms with Gasteiger partial charge in [0.15, 0.2) is 11.0 Å². The second-order valence-electron chi connectivity index (χ2n) is 8.05. The number of aromatic nitrogens is 3. The first-order chi connectivity index (χ1) is 16.5. The van der Waals surface area contributed by atoms with E-state index < -0.39 is 0 Å². The molecule has 172 valence electrons. The lowest BCUT2D eigenvalue weighted by atomic mass is 10.0. The highest BCUT2D eigenvalue weighted by Crippen LogP contribution is 2.34. The average Bonchev–Trinajstić information content (AvgIpc) is 3.59. The van der Waals surface area contributed by atoms with Crippen LogP contribution in [-0.4, -0.2) is 37.1 Å². The number of carbonyl (C=O) groups is 1. The standard InChI is InChI=1S/C25H22ClN5O2S/c1-16-5-7-17(8-6-16)20-14-21(22-4-3-13-33-22)31(29-20)23(32)15-34-25-28-27-24(30(25)2)18-9-11-19(26)12-10-18/h3-13,21H,14-15H2,1-2H3. The zero-order valence-electron chi connectivity index (χ0n) is 18.7. The van der Waals surface area contributed by atoms with Gasteiger partial charge in [-0.3, -0.25) is 4.79 Å². The van der Waals surface area contributed by atoms with E-state index in [1.807, 2.05) is 79.2 Å².